The van der Waals surface area contributed by atoms with Crippen LogP contribution in [0.2, 0.25) is 0 Å². The van der Waals surface area contributed by atoms with Crippen LogP contribution in [0.4, 0.5) is 0 Å². The molecular weight excluding hydrogens is 198 g/mol. The quantitative estimate of drug-likeness (QED) is 0.695. The fourth-order valence-electron chi connectivity index (χ4n) is 1.07. The molecule has 0 fully saturated rings. The van der Waals surface area contributed by atoms with Crippen LogP contribution in [-0.4, -0.2) is 8.42 Å². The van der Waals surface area contributed by atoms with Crippen LogP contribution in [0.25, 0.3) is 0 Å². The lowest BCUT2D eigenvalue weighted by atomic mass is 10.2. The summed E-state index contributed by atoms with van der Waals surface area (Å²) in [7, 11) is -3.46. The predicted molar refractivity (Wildman–Crippen MR) is 53.1 cm³/mol. The first-order valence-corrected chi connectivity index (χ1v) is 5.49. The Morgan fingerprint density at radius 1 is 1.36 bits per heavy atom. The fraction of sp³-hybridized carbons (Fsp3) is 0.100. The summed E-state index contributed by atoms with van der Waals surface area (Å²) in [6, 6.07) is 8.31. The van der Waals surface area contributed by atoms with Gasteiger partial charge in [0.2, 0.25) is 9.84 Å². The van der Waals surface area contributed by atoms with Gasteiger partial charge in [-0.25, -0.2) is 8.42 Å². The van der Waals surface area contributed by atoms with Gasteiger partial charge in [0.25, 0.3) is 0 Å². The normalized spacial score (nSPS) is 11.4. The van der Waals surface area contributed by atoms with E-state index in [0.29, 0.717) is 5.56 Å². The molecule has 0 atom stereocenters. The van der Waals surface area contributed by atoms with Crippen LogP contribution < -0.4 is 0 Å². The Balaban J connectivity index is 3.26. The molecule has 0 bridgehead atoms. The summed E-state index contributed by atoms with van der Waals surface area (Å²) in [6.45, 7) is 1.72. The maximum absolute atomic E-state index is 11.6. The van der Waals surface area contributed by atoms with Gasteiger partial charge >= 0.3 is 0 Å². The first-order chi connectivity index (χ1) is 6.58. The first kappa shape index (κ1) is 10.5. The molecule has 0 aromatic heterocycles. The number of allylic oxidation sites excluding steroid dienone is 1. The lowest BCUT2D eigenvalue weighted by Crippen LogP contribution is -1.98. The van der Waals surface area contributed by atoms with Gasteiger partial charge in [-0.3, -0.25) is 0 Å². The van der Waals surface area contributed by atoms with Crippen LogP contribution in [0.15, 0.2) is 40.6 Å². The molecule has 0 aliphatic heterocycles. The van der Waals surface area contributed by atoms with Crippen LogP contribution in [0.1, 0.15) is 5.56 Å². The van der Waals surface area contributed by atoms with E-state index in [2.05, 4.69) is 0 Å². The molecule has 0 unspecified atom stereocenters. The Morgan fingerprint density at radius 3 is 2.57 bits per heavy atom. The number of hydrogen-bond acceptors (Lipinski definition) is 3. The van der Waals surface area contributed by atoms with Crippen LogP contribution in [0.3, 0.4) is 0 Å². The van der Waals surface area contributed by atoms with Crippen molar-refractivity contribution < 1.29 is 8.42 Å². The highest BCUT2D eigenvalue weighted by Crippen LogP contribution is 2.16. The SMILES string of the molecule is Cc1ccccc1S(=O)(=O)/C=C/C#N. The summed E-state index contributed by atoms with van der Waals surface area (Å²) >= 11 is 0. The second-order valence-corrected chi connectivity index (χ2v) is 4.54. The third-order valence-electron chi connectivity index (χ3n) is 1.72. The molecular formula is C10H9NO2S. The average molecular weight is 207 g/mol. The molecule has 72 valence electrons. The third kappa shape index (κ3) is 2.21. The Hall–Kier alpha value is -1.60. The Morgan fingerprint density at radius 2 is 2.00 bits per heavy atom. The van der Waals surface area contributed by atoms with Gasteiger partial charge in [-0.15, -0.1) is 0 Å². The third-order valence-corrected chi connectivity index (χ3v) is 3.29. The number of nitriles is 1. The zero-order valence-corrected chi connectivity index (χ0v) is 8.45. The van der Waals surface area contributed by atoms with Gasteiger partial charge in [0.1, 0.15) is 0 Å². The van der Waals surface area contributed by atoms with E-state index in [1.807, 2.05) is 0 Å². The van der Waals surface area contributed by atoms with E-state index in [4.69, 9.17) is 5.26 Å². The molecule has 0 spiro atoms. The maximum Gasteiger partial charge on any atom is 0.200 e. The second-order valence-electron chi connectivity index (χ2n) is 2.74. The number of sulfone groups is 1. The maximum atomic E-state index is 11.6. The van der Waals surface area contributed by atoms with E-state index in [9.17, 15) is 8.42 Å². The molecule has 1 aromatic rings. The van der Waals surface area contributed by atoms with Crippen molar-refractivity contribution in [3.8, 4) is 6.07 Å². The number of nitrogens with zero attached hydrogens (tertiary/aromatic N) is 1. The van der Waals surface area contributed by atoms with E-state index in [-0.39, 0.29) is 4.90 Å². The monoisotopic (exact) mass is 207 g/mol. The van der Waals surface area contributed by atoms with E-state index in [1.165, 1.54) is 6.07 Å². The minimum absolute atomic E-state index is 0.242. The summed E-state index contributed by atoms with van der Waals surface area (Å²) in [4.78, 5) is 0.242. The highest BCUT2D eigenvalue weighted by Gasteiger charge is 2.11. The van der Waals surface area contributed by atoms with Gasteiger partial charge in [0.15, 0.2) is 0 Å². The molecule has 0 aliphatic carbocycles. The second kappa shape index (κ2) is 4.07. The van der Waals surface area contributed by atoms with Crippen molar-refractivity contribution in [2.24, 2.45) is 0 Å². The standard InChI is InChI=1S/C10H9NO2S/c1-9-5-2-3-6-10(9)14(12,13)8-4-7-11/h2-6,8H,1H3/b8-4+. The van der Waals surface area contributed by atoms with Crippen molar-refractivity contribution in [3.05, 3.63) is 41.3 Å². The number of rotatable bonds is 2. The minimum atomic E-state index is -3.46. The Bertz CT molecular complexity index is 495. The highest BCUT2D eigenvalue weighted by atomic mass is 32.2. The van der Waals surface area contributed by atoms with Crippen LogP contribution in [0.5, 0.6) is 0 Å². The molecule has 0 saturated carbocycles. The van der Waals surface area contributed by atoms with Gasteiger partial charge in [-0.2, -0.15) is 5.26 Å². The van der Waals surface area contributed by atoms with Crippen LogP contribution in [0, 0.1) is 18.3 Å². The number of aryl methyl sites for hydroxylation is 1. The van der Waals surface area contributed by atoms with Crippen molar-refractivity contribution in [3.63, 3.8) is 0 Å². The molecule has 0 aliphatic rings. The Kier molecular flexibility index (Phi) is 3.05. The summed E-state index contributed by atoms with van der Waals surface area (Å²) in [5.41, 5.74) is 0.676. The van der Waals surface area contributed by atoms with Gasteiger partial charge in [-0.05, 0) is 18.6 Å². The zero-order chi connectivity index (χ0) is 10.6. The van der Waals surface area contributed by atoms with E-state index >= 15 is 0 Å². The molecule has 0 N–H and O–H groups in total. The van der Waals surface area contributed by atoms with Crippen LogP contribution in [-0.2, 0) is 9.84 Å². The van der Waals surface area contributed by atoms with E-state index in [0.717, 1.165) is 11.5 Å². The zero-order valence-electron chi connectivity index (χ0n) is 7.64. The molecule has 0 radical (unpaired) electrons. The molecule has 4 heteroatoms. The summed E-state index contributed by atoms with van der Waals surface area (Å²) in [6.07, 6.45) is 0.960. The van der Waals surface area contributed by atoms with Gasteiger partial charge in [-0.1, -0.05) is 18.2 Å². The molecule has 0 amide bonds. The van der Waals surface area contributed by atoms with Crippen LogP contribution >= 0.6 is 0 Å². The van der Waals surface area contributed by atoms with Crippen molar-refractivity contribution in [1.82, 2.24) is 0 Å². The number of benzene rings is 1. The molecule has 0 saturated heterocycles. The predicted octanol–water partition coefficient (Wildman–Crippen LogP) is 1.81. The number of hydrogen-bond donors (Lipinski definition) is 0. The molecule has 1 rings (SSSR count). The van der Waals surface area contributed by atoms with Gasteiger partial charge in [0.05, 0.1) is 11.0 Å². The lowest BCUT2D eigenvalue weighted by Gasteiger charge is -2.01. The molecule has 14 heavy (non-hydrogen) atoms. The van der Waals surface area contributed by atoms with E-state index in [1.54, 1.807) is 31.2 Å². The minimum Gasteiger partial charge on any atom is -0.219 e. The van der Waals surface area contributed by atoms with Gasteiger partial charge in [0, 0.05) is 11.5 Å². The fourth-order valence-corrected chi connectivity index (χ4v) is 2.24. The lowest BCUT2D eigenvalue weighted by molar-refractivity contribution is 0.604. The summed E-state index contributed by atoms with van der Waals surface area (Å²) < 4.78 is 23.1. The summed E-state index contributed by atoms with van der Waals surface area (Å²) in [5, 5.41) is 9.16. The molecule has 0 heterocycles. The summed E-state index contributed by atoms with van der Waals surface area (Å²) in [5.74, 6) is 0. The van der Waals surface area contributed by atoms with Crippen molar-refractivity contribution >= 4 is 9.84 Å². The largest absolute Gasteiger partial charge is 0.219 e. The first-order valence-electron chi connectivity index (χ1n) is 3.95. The van der Waals surface area contributed by atoms with Gasteiger partial charge < -0.3 is 0 Å². The molecule has 3 nitrogen and oxygen atoms in total. The average Bonchev–Trinajstić information content (AvgIpc) is 2.15. The smallest absolute Gasteiger partial charge is 0.200 e. The highest BCUT2D eigenvalue weighted by molar-refractivity contribution is 7.94. The Labute approximate surface area is 83.2 Å². The van der Waals surface area contributed by atoms with E-state index < -0.39 is 9.84 Å². The topological polar surface area (TPSA) is 57.9 Å². The van der Waals surface area contributed by atoms with Crippen molar-refractivity contribution in [1.29, 1.82) is 5.26 Å². The van der Waals surface area contributed by atoms with Crippen molar-refractivity contribution in [2.75, 3.05) is 0 Å². The van der Waals surface area contributed by atoms with Crippen molar-refractivity contribution in [2.45, 2.75) is 11.8 Å². The molecule has 1 aromatic carbocycles.